The largest absolute Gasteiger partial charge is 0.454 e. The lowest BCUT2D eigenvalue weighted by molar-refractivity contribution is 0.0650. The van der Waals surface area contributed by atoms with Crippen molar-refractivity contribution in [3.05, 3.63) is 30.3 Å². The van der Waals surface area contributed by atoms with Gasteiger partial charge in [-0.05, 0) is 30.3 Å². The molecular formula is C17H16FN5O3. The fourth-order valence-electron chi connectivity index (χ4n) is 3.31. The molecule has 0 spiro atoms. The molecule has 0 amide bonds. The number of rotatable bonds is 3. The Morgan fingerprint density at radius 3 is 2.85 bits per heavy atom. The van der Waals surface area contributed by atoms with Crippen LogP contribution in [0.2, 0.25) is 0 Å². The molecule has 9 heteroatoms. The Bertz CT molecular complexity index is 978. The minimum atomic E-state index is -1.04. The van der Waals surface area contributed by atoms with Crippen molar-refractivity contribution in [3.63, 3.8) is 0 Å². The van der Waals surface area contributed by atoms with Gasteiger partial charge in [0.25, 0.3) is 0 Å². The lowest BCUT2D eigenvalue weighted by Gasteiger charge is -2.16. The maximum absolute atomic E-state index is 14.0. The molecule has 0 radical (unpaired) electrons. The van der Waals surface area contributed by atoms with E-state index in [2.05, 4.69) is 15.3 Å². The third-order valence-electron chi connectivity index (χ3n) is 4.70. The van der Waals surface area contributed by atoms with Crippen LogP contribution in [0.1, 0.15) is 0 Å². The molecule has 0 saturated carbocycles. The van der Waals surface area contributed by atoms with Crippen molar-refractivity contribution >= 4 is 11.5 Å². The summed E-state index contributed by atoms with van der Waals surface area (Å²) < 4.78 is 31.6. The van der Waals surface area contributed by atoms with Crippen molar-refractivity contribution in [2.45, 2.75) is 12.3 Å². The van der Waals surface area contributed by atoms with E-state index in [1.165, 1.54) is 7.11 Å². The van der Waals surface area contributed by atoms with Gasteiger partial charge in [-0.25, -0.2) is 4.39 Å². The summed E-state index contributed by atoms with van der Waals surface area (Å²) in [4.78, 5) is 1.86. The number of fused-ring (bicyclic) bond motifs is 2. The van der Waals surface area contributed by atoms with Crippen LogP contribution in [0.4, 0.5) is 10.2 Å². The Kier molecular flexibility index (Phi) is 3.42. The highest BCUT2D eigenvalue weighted by Crippen LogP contribution is 2.35. The molecular weight excluding hydrogens is 341 g/mol. The zero-order valence-corrected chi connectivity index (χ0v) is 14.0. The van der Waals surface area contributed by atoms with Crippen LogP contribution in [-0.4, -0.2) is 59.1 Å². The van der Waals surface area contributed by atoms with Gasteiger partial charge in [-0.15, -0.1) is 15.3 Å². The maximum Gasteiger partial charge on any atom is 0.231 e. The Hall–Kier alpha value is -2.94. The number of benzene rings is 1. The van der Waals surface area contributed by atoms with Gasteiger partial charge in [-0.1, -0.05) is 0 Å². The van der Waals surface area contributed by atoms with Crippen LogP contribution in [0, 0.1) is 0 Å². The van der Waals surface area contributed by atoms with Crippen LogP contribution < -0.4 is 14.4 Å². The second-order valence-electron chi connectivity index (χ2n) is 6.25. The van der Waals surface area contributed by atoms with Gasteiger partial charge in [0.15, 0.2) is 23.0 Å². The zero-order valence-electron chi connectivity index (χ0n) is 14.0. The predicted octanol–water partition coefficient (Wildman–Crippen LogP) is 1.69. The number of hydrogen-bond acceptors (Lipinski definition) is 7. The van der Waals surface area contributed by atoms with E-state index in [0.717, 1.165) is 5.56 Å². The van der Waals surface area contributed by atoms with Crippen LogP contribution in [0.5, 0.6) is 11.5 Å². The lowest BCUT2D eigenvalue weighted by atomic mass is 10.2. The molecule has 0 N–H and O–H groups in total. The van der Waals surface area contributed by atoms with E-state index < -0.39 is 12.3 Å². The molecule has 134 valence electrons. The second-order valence-corrected chi connectivity index (χ2v) is 6.25. The van der Waals surface area contributed by atoms with Gasteiger partial charge in [0, 0.05) is 19.2 Å². The molecule has 5 rings (SSSR count). The summed E-state index contributed by atoms with van der Waals surface area (Å²) in [5, 5.41) is 13.0. The quantitative estimate of drug-likeness (QED) is 0.706. The van der Waals surface area contributed by atoms with Crippen LogP contribution in [0.25, 0.3) is 17.0 Å². The molecule has 2 aromatic heterocycles. The number of alkyl halides is 1. The molecule has 2 aliphatic heterocycles. The van der Waals surface area contributed by atoms with Crippen molar-refractivity contribution in [1.29, 1.82) is 0 Å². The third-order valence-corrected chi connectivity index (χ3v) is 4.70. The topological polar surface area (TPSA) is 74.0 Å². The summed E-state index contributed by atoms with van der Waals surface area (Å²) in [6.07, 6.45) is -1.48. The Morgan fingerprint density at radius 1 is 1.12 bits per heavy atom. The lowest BCUT2D eigenvalue weighted by Crippen LogP contribution is -2.24. The Morgan fingerprint density at radius 2 is 2.00 bits per heavy atom. The van der Waals surface area contributed by atoms with E-state index >= 15 is 0 Å². The summed E-state index contributed by atoms with van der Waals surface area (Å²) in [6, 6.07) is 9.20. The van der Waals surface area contributed by atoms with Crippen molar-refractivity contribution in [2.24, 2.45) is 0 Å². The van der Waals surface area contributed by atoms with Crippen molar-refractivity contribution < 1.29 is 18.6 Å². The summed E-state index contributed by atoms with van der Waals surface area (Å²) in [5.41, 5.74) is 1.42. The van der Waals surface area contributed by atoms with Gasteiger partial charge in [0.1, 0.15) is 18.1 Å². The van der Waals surface area contributed by atoms with Crippen LogP contribution in [-0.2, 0) is 4.74 Å². The number of aromatic nitrogens is 4. The van der Waals surface area contributed by atoms with E-state index in [9.17, 15) is 4.39 Å². The van der Waals surface area contributed by atoms with E-state index in [0.29, 0.717) is 35.3 Å². The molecule has 8 nitrogen and oxygen atoms in total. The Balaban J connectivity index is 1.54. The Labute approximate surface area is 148 Å². The number of nitrogens with zero attached hydrogens (tertiary/aromatic N) is 5. The highest BCUT2D eigenvalue weighted by Gasteiger charge is 2.33. The van der Waals surface area contributed by atoms with Crippen molar-refractivity contribution in [1.82, 2.24) is 19.8 Å². The highest BCUT2D eigenvalue weighted by molar-refractivity contribution is 5.64. The molecule has 0 bridgehead atoms. The van der Waals surface area contributed by atoms with Crippen LogP contribution in [0.15, 0.2) is 30.3 Å². The standard InChI is InChI=1S/C17H16FN5O3/c1-24-14-8-22(7-11(14)18)16-5-4-15-19-20-17(23(15)21-16)10-2-3-12-13(6-10)26-9-25-12/h2-6,11,14H,7-9H2,1H3/t11-,14-/m1/s1. The minimum Gasteiger partial charge on any atom is -0.454 e. The summed E-state index contributed by atoms with van der Waals surface area (Å²) in [5.74, 6) is 2.60. The molecule has 0 aliphatic carbocycles. The molecule has 3 aromatic rings. The zero-order chi connectivity index (χ0) is 17.7. The number of ether oxygens (including phenoxy) is 3. The monoisotopic (exact) mass is 357 g/mol. The minimum absolute atomic E-state index is 0.210. The SMILES string of the molecule is CO[C@@H]1CN(c2ccc3nnc(-c4ccc5c(c4)OCO5)n3n2)C[C@H]1F. The van der Waals surface area contributed by atoms with Gasteiger partial charge in [0.05, 0.1) is 6.54 Å². The molecule has 4 heterocycles. The molecule has 1 aromatic carbocycles. The first-order valence-electron chi connectivity index (χ1n) is 8.27. The van der Waals surface area contributed by atoms with Crippen LogP contribution >= 0.6 is 0 Å². The van der Waals surface area contributed by atoms with Gasteiger partial charge in [-0.3, -0.25) is 0 Å². The van der Waals surface area contributed by atoms with Gasteiger partial charge >= 0.3 is 0 Å². The van der Waals surface area contributed by atoms with Gasteiger partial charge in [-0.2, -0.15) is 4.52 Å². The molecule has 26 heavy (non-hydrogen) atoms. The average molecular weight is 357 g/mol. The number of anilines is 1. The summed E-state index contributed by atoms with van der Waals surface area (Å²) >= 11 is 0. The molecule has 2 atom stereocenters. The molecule has 1 fully saturated rings. The first-order chi connectivity index (χ1) is 12.7. The fourth-order valence-corrected chi connectivity index (χ4v) is 3.31. The number of methoxy groups -OCH3 is 1. The number of halogens is 1. The molecule has 0 unspecified atom stereocenters. The van der Waals surface area contributed by atoms with Gasteiger partial charge in [0.2, 0.25) is 6.79 Å². The molecule has 1 saturated heterocycles. The van der Waals surface area contributed by atoms with E-state index in [1.54, 1.807) is 4.52 Å². The number of hydrogen-bond donors (Lipinski definition) is 0. The third kappa shape index (κ3) is 2.35. The molecule has 2 aliphatic rings. The van der Waals surface area contributed by atoms with Gasteiger partial charge < -0.3 is 19.1 Å². The average Bonchev–Trinajstić information content (AvgIpc) is 3.37. The van der Waals surface area contributed by atoms with E-state index in [4.69, 9.17) is 14.2 Å². The first kappa shape index (κ1) is 15.3. The maximum atomic E-state index is 14.0. The van der Waals surface area contributed by atoms with Crippen LogP contribution in [0.3, 0.4) is 0 Å². The normalized spacial score (nSPS) is 21.7. The van der Waals surface area contributed by atoms with E-state index in [1.807, 2.05) is 35.2 Å². The van der Waals surface area contributed by atoms with E-state index in [-0.39, 0.29) is 13.3 Å². The van der Waals surface area contributed by atoms with Crippen molar-refractivity contribution in [2.75, 3.05) is 31.9 Å². The summed E-state index contributed by atoms with van der Waals surface area (Å²) in [7, 11) is 1.52. The first-order valence-corrected chi connectivity index (χ1v) is 8.27. The smallest absolute Gasteiger partial charge is 0.231 e. The summed E-state index contributed by atoms with van der Waals surface area (Å²) in [6.45, 7) is 0.915. The predicted molar refractivity (Wildman–Crippen MR) is 90.2 cm³/mol. The fraction of sp³-hybridized carbons (Fsp3) is 0.353. The highest BCUT2D eigenvalue weighted by atomic mass is 19.1. The van der Waals surface area contributed by atoms with Crippen molar-refractivity contribution in [3.8, 4) is 22.9 Å². The second kappa shape index (κ2) is 5.80.